The highest BCUT2D eigenvalue weighted by atomic mass is 32.2. The number of rotatable bonds is 6. The minimum atomic E-state index is -3.41. The standard InChI is InChI=1S/C12H17NO5S/c1-3-11(19(17,18)4-2)12(14)9-6-5-7-10(8-9)13(15)16/h5-8,11-12,14H,3-4H2,1-2H3/t11-,12-/m0/s1. The SMILES string of the molecule is CC[C@@H]([C@@H](O)c1cccc([N+](=O)[O-])c1)S(=O)(=O)CC. The molecular weight excluding hydrogens is 270 g/mol. The topological polar surface area (TPSA) is 97.5 Å². The van der Waals surface area contributed by atoms with Gasteiger partial charge in [0.15, 0.2) is 9.84 Å². The van der Waals surface area contributed by atoms with Crippen LogP contribution in [0.1, 0.15) is 31.9 Å². The molecule has 0 aromatic heterocycles. The van der Waals surface area contributed by atoms with Crippen molar-refractivity contribution < 1.29 is 18.4 Å². The third-order valence-corrected chi connectivity index (χ3v) is 5.36. The summed E-state index contributed by atoms with van der Waals surface area (Å²) >= 11 is 0. The molecule has 0 aliphatic heterocycles. The lowest BCUT2D eigenvalue weighted by Gasteiger charge is -2.21. The number of hydrogen-bond donors (Lipinski definition) is 1. The highest BCUT2D eigenvalue weighted by molar-refractivity contribution is 7.92. The van der Waals surface area contributed by atoms with Crippen molar-refractivity contribution in [3.05, 3.63) is 39.9 Å². The molecule has 1 rings (SSSR count). The van der Waals surface area contributed by atoms with E-state index in [0.717, 1.165) is 0 Å². The Bertz CT molecular complexity index is 555. The number of nitro groups is 1. The highest BCUT2D eigenvalue weighted by Gasteiger charge is 2.31. The van der Waals surface area contributed by atoms with Crippen molar-refractivity contribution >= 4 is 15.5 Å². The van der Waals surface area contributed by atoms with Crippen LogP contribution in [0, 0.1) is 10.1 Å². The molecule has 0 spiro atoms. The number of aliphatic hydroxyl groups is 1. The lowest BCUT2D eigenvalue weighted by Crippen LogP contribution is -2.29. The summed E-state index contributed by atoms with van der Waals surface area (Å²) in [7, 11) is -3.41. The average Bonchev–Trinajstić information content (AvgIpc) is 2.39. The number of hydrogen-bond acceptors (Lipinski definition) is 5. The van der Waals surface area contributed by atoms with E-state index in [1.54, 1.807) is 6.92 Å². The van der Waals surface area contributed by atoms with E-state index in [1.807, 2.05) is 0 Å². The van der Waals surface area contributed by atoms with Gasteiger partial charge in [0.25, 0.3) is 5.69 Å². The van der Waals surface area contributed by atoms with Crippen LogP contribution >= 0.6 is 0 Å². The number of aliphatic hydroxyl groups excluding tert-OH is 1. The van der Waals surface area contributed by atoms with Crippen LogP contribution < -0.4 is 0 Å². The first kappa shape index (κ1) is 15.6. The molecule has 6 nitrogen and oxygen atoms in total. The maximum Gasteiger partial charge on any atom is 0.269 e. The maximum absolute atomic E-state index is 11.9. The Hall–Kier alpha value is -1.47. The molecule has 106 valence electrons. The predicted octanol–water partition coefficient (Wildman–Crippen LogP) is 1.84. The summed E-state index contributed by atoms with van der Waals surface area (Å²) < 4.78 is 23.7. The predicted molar refractivity (Wildman–Crippen MR) is 71.6 cm³/mol. The lowest BCUT2D eigenvalue weighted by atomic mass is 10.0. The molecule has 19 heavy (non-hydrogen) atoms. The first-order valence-corrected chi connectivity index (χ1v) is 7.69. The Kier molecular flexibility index (Phi) is 5.02. The molecular formula is C12H17NO5S. The van der Waals surface area contributed by atoms with Crippen LogP contribution in [0.2, 0.25) is 0 Å². The molecule has 1 aromatic rings. The first-order chi connectivity index (χ1) is 8.83. The average molecular weight is 287 g/mol. The zero-order chi connectivity index (χ0) is 14.6. The monoisotopic (exact) mass is 287 g/mol. The quantitative estimate of drug-likeness (QED) is 0.636. The number of nitrogens with zero attached hydrogens (tertiary/aromatic N) is 1. The Morgan fingerprint density at radius 1 is 1.37 bits per heavy atom. The molecule has 0 aliphatic carbocycles. The van der Waals surface area contributed by atoms with Crippen molar-refractivity contribution in [1.82, 2.24) is 0 Å². The van der Waals surface area contributed by atoms with E-state index in [4.69, 9.17) is 0 Å². The van der Waals surface area contributed by atoms with Crippen LogP contribution in [-0.4, -0.2) is 29.5 Å². The highest BCUT2D eigenvalue weighted by Crippen LogP contribution is 2.27. The number of sulfone groups is 1. The van der Waals surface area contributed by atoms with E-state index in [-0.39, 0.29) is 23.4 Å². The van der Waals surface area contributed by atoms with E-state index >= 15 is 0 Å². The van der Waals surface area contributed by atoms with Gasteiger partial charge in [-0.05, 0) is 12.0 Å². The van der Waals surface area contributed by atoms with E-state index in [2.05, 4.69) is 0 Å². The molecule has 0 amide bonds. The smallest absolute Gasteiger partial charge is 0.269 e. The number of nitro benzene ring substituents is 1. The summed E-state index contributed by atoms with van der Waals surface area (Å²) in [6, 6.07) is 5.43. The minimum absolute atomic E-state index is 0.0719. The lowest BCUT2D eigenvalue weighted by molar-refractivity contribution is -0.385. The molecule has 0 heterocycles. The van der Waals surface area contributed by atoms with Gasteiger partial charge in [0, 0.05) is 17.9 Å². The van der Waals surface area contributed by atoms with Gasteiger partial charge in [-0.2, -0.15) is 0 Å². The first-order valence-electron chi connectivity index (χ1n) is 5.97. The van der Waals surface area contributed by atoms with Crippen molar-refractivity contribution in [1.29, 1.82) is 0 Å². The fourth-order valence-electron chi connectivity index (χ4n) is 1.92. The summed E-state index contributed by atoms with van der Waals surface area (Å²) in [5, 5.41) is 19.9. The van der Waals surface area contributed by atoms with E-state index < -0.39 is 26.1 Å². The molecule has 2 atom stereocenters. The van der Waals surface area contributed by atoms with Gasteiger partial charge in [0.05, 0.1) is 16.3 Å². The summed E-state index contributed by atoms with van der Waals surface area (Å²) in [6.45, 7) is 3.18. The van der Waals surface area contributed by atoms with E-state index in [9.17, 15) is 23.6 Å². The molecule has 7 heteroatoms. The minimum Gasteiger partial charge on any atom is -0.387 e. The molecule has 0 saturated carbocycles. The third-order valence-electron chi connectivity index (χ3n) is 3.04. The number of non-ortho nitro benzene ring substituents is 1. The van der Waals surface area contributed by atoms with Crippen LogP contribution in [0.4, 0.5) is 5.69 Å². The van der Waals surface area contributed by atoms with Gasteiger partial charge in [-0.1, -0.05) is 26.0 Å². The Morgan fingerprint density at radius 2 is 2.00 bits per heavy atom. The largest absolute Gasteiger partial charge is 0.387 e. The summed E-state index contributed by atoms with van der Waals surface area (Å²) in [6.07, 6.45) is -1.00. The summed E-state index contributed by atoms with van der Waals surface area (Å²) in [5.74, 6) is -0.0719. The van der Waals surface area contributed by atoms with Gasteiger partial charge in [-0.25, -0.2) is 8.42 Å². The second-order valence-electron chi connectivity index (χ2n) is 4.20. The molecule has 1 aromatic carbocycles. The van der Waals surface area contributed by atoms with Gasteiger partial charge < -0.3 is 5.11 Å². The second kappa shape index (κ2) is 6.12. The Morgan fingerprint density at radius 3 is 2.47 bits per heavy atom. The molecule has 0 unspecified atom stereocenters. The molecule has 1 N–H and O–H groups in total. The van der Waals surface area contributed by atoms with Crippen molar-refractivity contribution in [3.8, 4) is 0 Å². The van der Waals surface area contributed by atoms with Crippen LogP contribution in [0.3, 0.4) is 0 Å². The van der Waals surface area contributed by atoms with Gasteiger partial charge in [-0.15, -0.1) is 0 Å². The fraction of sp³-hybridized carbons (Fsp3) is 0.500. The van der Waals surface area contributed by atoms with Crippen LogP contribution in [0.25, 0.3) is 0 Å². The molecule has 0 radical (unpaired) electrons. The van der Waals surface area contributed by atoms with Crippen molar-refractivity contribution in [2.45, 2.75) is 31.6 Å². The zero-order valence-electron chi connectivity index (χ0n) is 10.8. The molecule has 0 bridgehead atoms. The Balaban J connectivity index is 3.14. The number of benzene rings is 1. The Labute approximate surface area is 112 Å². The maximum atomic E-state index is 11.9. The molecule has 0 aliphatic rings. The van der Waals surface area contributed by atoms with Crippen molar-refractivity contribution in [3.63, 3.8) is 0 Å². The van der Waals surface area contributed by atoms with Gasteiger partial charge in [0.1, 0.15) is 0 Å². The fourth-order valence-corrected chi connectivity index (χ4v) is 3.41. The third kappa shape index (κ3) is 3.51. The van der Waals surface area contributed by atoms with Crippen molar-refractivity contribution in [2.24, 2.45) is 0 Å². The van der Waals surface area contributed by atoms with E-state index in [0.29, 0.717) is 0 Å². The second-order valence-corrected chi connectivity index (χ2v) is 6.70. The summed E-state index contributed by atoms with van der Waals surface area (Å²) in [4.78, 5) is 10.1. The van der Waals surface area contributed by atoms with Gasteiger partial charge >= 0.3 is 0 Å². The van der Waals surface area contributed by atoms with E-state index in [1.165, 1.54) is 31.2 Å². The molecule has 0 saturated heterocycles. The van der Waals surface area contributed by atoms with Crippen LogP contribution in [0.15, 0.2) is 24.3 Å². The molecule has 0 fully saturated rings. The van der Waals surface area contributed by atoms with Crippen molar-refractivity contribution in [2.75, 3.05) is 5.75 Å². The normalized spacial score (nSPS) is 14.9. The summed E-state index contributed by atoms with van der Waals surface area (Å²) in [5.41, 5.74) is 0.0818. The van der Waals surface area contributed by atoms with Gasteiger partial charge in [-0.3, -0.25) is 10.1 Å². The zero-order valence-corrected chi connectivity index (χ0v) is 11.6. The van der Waals surface area contributed by atoms with Gasteiger partial charge in [0.2, 0.25) is 0 Å². The van der Waals surface area contributed by atoms with Crippen LogP contribution in [-0.2, 0) is 9.84 Å². The van der Waals surface area contributed by atoms with Crippen LogP contribution in [0.5, 0.6) is 0 Å².